The number of unbranched alkanes of at least 4 members (excludes halogenated alkanes) is 1. The Morgan fingerprint density at radius 1 is 1.28 bits per heavy atom. The molecule has 1 unspecified atom stereocenters. The van der Waals surface area contributed by atoms with E-state index in [9.17, 15) is 4.79 Å². The highest BCUT2D eigenvalue weighted by atomic mass is 16.2. The van der Waals surface area contributed by atoms with Gasteiger partial charge in [-0.05, 0) is 31.9 Å². The fourth-order valence-corrected chi connectivity index (χ4v) is 1.73. The van der Waals surface area contributed by atoms with Crippen LogP contribution >= 0.6 is 0 Å². The summed E-state index contributed by atoms with van der Waals surface area (Å²) in [6.07, 6.45) is 2.69. The lowest BCUT2D eigenvalue weighted by molar-refractivity contribution is -0.123. The molecule has 0 heterocycles. The molecule has 1 amide bonds. The van der Waals surface area contributed by atoms with Crippen molar-refractivity contribution < 1.29 is 4.79 Å². The van der Waals surface area contributed by atoms with Crippen molar-refractivity contribution in [1.82, 2.24) is 0 Å². The third kappa shape index (κ3) is 3.57. The maximum atomic E-state index is 12.5. The molecule has 2 N–H and O–H groups in total. The van der Waals surface area contributed by atoms with E-state index in [4.69, 9.17) is 5.73 Å². The zero-order valence-corrected chi connectivity index (χ0v) is 11.6. The zero-order valence-electron chi connectivity index (χ0n) is 11.6. The van der Waals surface area contributed by atoms with E-state index in [0.717, 1.165) is 25.1 Å². The molecule has 0 aliphatic carbocycles. The molecular formula is C15H24N2O. The first-order valence-electron chi connectivity index (χ1n) is 6.68. The lowest BCUT2D eigenvalue weighted by atomic mass is 9.98. The molecular weight excluding hydrogens is 224 g/mol. The molecule has 0 radical (unpaired) electrons. The first-order chi connectivity index (χ1) is 8.53. The van der Waals surface area contributed by atoms with Crippen molar-refractivity contribution in [3.05, 3.63) is 30.3 Å². The maximum absolute atomic E-state index is 12.5. The lowest BCUT2D eigenvalue weighted by Gasteiger charge is -2.31. The SMILES string of the molecule is CCCCN(C(=O)C(C)(N)CC)c1ccccc1. The predicted octanol–water partition coefficient (Wildman–Crippen LogP) is 2.95. The Morgan fingerprint density at radius 3 is 2.39 bits per heavy atom. The van der Waals surface area contributed by atoms with Crippen LogP contribution in [0.1, 0.15) is 40.0 Å². The summed E-state index contributed by atoms with van der Waals surface area (Å²) in [5.74, 6) is 0.00431. The lowest BCUT2D eigenvalue weighted by Crippen LogP contribution is -2.53. The van der Waals surface area contributed by atoms with Crippen LogP contribution in [0.15, 0.2) is 30.3 Å². The van der Waals surface area contributed by atoms with Crippen LogP contribution in [0.25, 0.3) is 0 Å². The summed E-state index contributed by atoms with van der Waals surface area (Å²) < 4.78 is 0. The minimum absolute atomic E-state index is 0.00431. The Balaban J connectivity index is 2.95. The van der Waals surface area contributed by atoms with Crippen molar-refractivity contribution in [3.8, 4) is 0 Å². The Bertz CT molecular complexity index is 373. The van der Waals surface area contributed by atoms with Gasteiger partial charge in [0.25, 0.3) is 0 Å². The molecule has 0 spiro atoms. The Hall–Kier alpha value is -1.35. The van der Waals surface area contributed by atoms with Gasteiger partial charge >= 0.3 is 0 Å². The predicted molar refractivity (Wildman–Crippen MR) is 76.6 cm³/mol. The van der Waals surface area contributed by atoms with E-state index in [1.54, 1.807) is 6.92 Å². The van der Waals surface area contributed by atoms with Crippen LogP contribution in [0, 0.1) is 0 Å². The standard InChI is InChI=1S/C15H24N2O/c1-4-6-12-17(13-10-8-7-9-11-13)14(18)15(3,16)5-2/h7-11H,4-6,12,16H2,1-3H3. The Labute approximate surface area is 110 Å². The number of carbonyl (C=O) groups is 1. The molecule has 0 aromatic heterocycles. The normalized spacial score (nSPS) is 14.0. The average molecular weight is 248 g/mol. The second-order valence-corrected chi connectivity index (χ2v) is 4.92. The smallest absolute Gasteiger partial charge is 0.246 e. The highest BCUT2D eigenvalue weighted by Crippen LogP contribution is 2.19. The first kappa shape index (κ1) is 14.7. The number of hydrogen-bond donors (Lipinski definition) is 1. The Morgan fingerprint density at radius 2 is 1.89 bits per heavy atom. The van der Waals surface area contributed by atoms with E-state index in [1.807, 2.05) is 42.2 Å². The van der Waals surface area contributed by atoms with E-state index in [-0.39, 0.29) is 5.91 Å². The third-order valence-corrected chi connectivity index (χ3v) is 3.27. The molecule has 1 atom stereocenters. The van der Waals surface area contributed by atoms with Gasteiger partial charge in [0.05, 0.1) is 5.54 Å². The summed E-state index contributed by atoms with van der Waals surface area (Å²) in [7, 11) is 0. The zero-order chi connectivity index (χ0) is 13.6. The molecule has 1 rings (SSSR count). The molecule has 1 aromatic carbocycles. The van der Waals surface area contributed by atoms with Crippen molar-refractivity contribution in [2.75, 3.05) is 11.4 Å². The van der Waals surface area contributed by atoms with Crippen LogP contribution in [0.2, 0.25) is 0 Å². The van der Waals surface area contributed by atoms with Gasteiger partial charge in [0.1, 0.15) is 0 Å². The largest absolute Gasteiger partial charge is 0.318 e. The minimum Gasteiger partial charge on any atom is -0.318 e. The second kappa shape index (κ2) is 6.55. The average Bonchev–Trinajstić information content (AvgIpc) is 2.40. The molecule has 0 saturated heterocycles. The number of hydrogen-bond acceptors (Lipinski definition) is 2. The number of nitrogens with two attached hydrogens (primary N) is 1. The maximum Gasteiger partial charge on any atom is 0.246 e. The van der Waals surface area contributed by atoms with Gasteiger partial charge < -0.3 is 10.6 Å². The van der Waals surface area contributed by atoms with E-state index in [1.165, 1.54) is 0 Å². The van der Waals surface area contributed by atoms with Gasteiger partial charge in [0.15, 0.2) is 0 Å². The van der Waals surface area contributed by atoms with E-state index >= 15 is 0 Å². The molecule has 3 heteroatoms. The molecule has 0 saturated carbocycles. The number of para-hydroxylation sites is 1. The van der Waals surface area contributed by atoms with Gasteiger partial charge in [-0.1, -0.05) is 38.5 Å². The van der Waals surface area contributed by atoms with Crippen LogP contribution in [-0.2, 0) is 4.79 Å². The van der Waals surface area contributed by atoms with Gasteiger partial charge in [0, 0.05) is 12.2 Å². The molecule has 0 aliphatic heterocycles. The fraction of sp³-hybridized carbons (Fsp3) is 0.533. The van der Waals surface area contributed by atoms with E-state index in [0.29, 0.717) is 6.42 Å². The second-order valence-electron chi connectivity index (χ2n) is 4.92. The van der Waals surface area contributed by atoms with Gasteiger partial charge in [-0.2, -0.15) is 0 Å². The monoisotopic (exact) mass is 248 g/mol. The van der Waals surface area contributed by atoms with Gasteiger partial charge in [0.2, 0.25) is 5.91 Å². The molecule has 100 valence electrons. The number of carbonyl (C=O) groups excluding carboxylic acids is 1. The number of benzene rings is 1. The molecule has 0 fully saturated rings. The van der Waals surface area contributed by atoms with Crippen molar-refractivity contribution in [3.63, 3.8) is 0 Å². The van der Waals surface area contributed by atoms with E-state index < -0.39 is 5.54 Å². The number of amides is 1. The van der Waals surface area contributed by atoms with Crippen LogP contribution < -0.4 is 10.6 Å². The van der Waals surface area contributed by atoms with Crippen LogP contribution in [-0.4, -0.2) is 18.0 Å². The summed E-state index contributed by atoms with van der Waals surface area (Å²) >= 11 is 0. The van der Waals surface area contributed by atoms with Crippen molar-refractivity contribution in [2.24, 2.45) is 5.73 Å². The summed E-state index contributed by atoms with van der Waals surface area (Å²) in [4.78, 5) is 14.3. The number of anilines is 1. The van der Waals surface area contributed by atoms with Crippen molar-refractivity contribution in [1.29, 1.82) is 0 Å². The molecule has 3 nitrogen and oxygen atoms in total. The van der Waals surface area contributed by atoms with Crippen molar-refractivity contribution >= 4 is 11.6 Å². The molecule has 0 aliphatic rings. The number of nitrogens with zero attached hydrogens (tertiary/aromatic N) is 1. The minimum atomic E-state index is -0.788. The van der Waals surface area contributed by atoms with Crippen LogP contribution in [0.5, 0.6) is 0 Å². The van der Waals surface area contributed by atoms with E-state index in [2.05, 4.69) is 6.92 Å². The molecule has 0 bridgehead atoms. The highest BCUT2D eigenvalue weighted by molar-refractivity contribution is 5.99. The van der Waals surface area contributed by atoms with Gasteiger partial charge in [-0.15, -0.1) is 0 Å². The topological polar surface area (TPSA) is 46.3 Å². The van der Waals surface area contributed by atoms with Gasteiger partial charge in [-0.25, -0.2) is 0 Å². The molecule has 1 aromatic rings. The first-order valence-corrected chi connectivity index (χ1v) is 6.68. The highest BCUT2D eigenvalue weighted by Gasteiger charge is 2.31. The summed E-state index contributed by atoms with van der Waals surface area (Å²) in [6, 6.07) is 9.76. The molecule has 18 heavy (non-hydrogen) atoms. The van der Waals surface area contributed by atoms with Gasteiger partial charge in [-0.3, -0.25) is 4.79 Å². The summed E-state index contributed by atoms with van der Waals surface area (Å²) in [5, 5.41) is 0. The Kier molecular flexibility index (Phi) is 5.35. The van der Waals surface area contributed by atoms with Crippen molar-refractivity contribution in [2.45, 2.75) is 45.6 Å². The third-order valence-electron chi connectivity index (χ3n) is 3.27. The quantitative estimate of drug-likeness (QED) is 0.841. The number of rotatable bonds is 6. The van der Waals surface area contributed by atoms with Crippen LogP contribution in [0.3, 0.4) is 0 Å². The summed E-state index contributed by atoms with van der Waals surface area (Å²) in [6.45, 7) is 6.60. The van der Waals surface area contributed by atoms with Crippen LogP contribution in [0.4, 0.5) is 5.69 Å². The fourth-order valence-electron chi connectivity index (χ4n) is 1.73. The summed E-state index contributed by atoms with van der Waals surface area (Å²) in [5.41, 5.74) is 6.22.